The summed E-state index contributed by atoms with van der Waals surface area (Å²) >= 11 is 0. The molecule has 25 heavy (non-hydrogen) atoms. The zero-order valence-corrected chi connectivity index (χ0v) is 14.3. The third-order valence-electron chi connectivity index (χ3n) is 4.59. The average molecular weight is 342 g/mol. The van der Waals surface area contributed by atoms with Gasteiger partial charge in [0.2, 0.25) is 0 Å². The Morgan fingerprint density at radius 1 is 1.16 bits per heavy atom. The Labute approximate surface area is 146 Å². The molecule has 1 aromatic rings. The van der Waals surface area contributed by atoms with Crippen LogP contribution in [0.15, 0.2) is 29.8 Å². The highest BCUT2D eigenvalue weighted by Crippen LogP contribution is 2.27. The van der Waals surface area contributed by atoms with Crippen LogP contribution in [0.4, 0.5) is 4.79 Å². The molecular formula is C19H22N2O4. The summed E-state index contributed by atoms with van der Waals surface area (Å²) in [5.74, 6) is -0.584. The van der Waals surface area contributed by atoms with Crippen molar-refractivity contribution in [3.05, 3.63) is 35.4 Å². The number of para-hydroxylation sites is 1. The molecule has 0 spiro atoms. The predicted octanol–water partition coefficient (Wildman–Crippen LogP) is 2.88. The lowest BCUT2D eigenvalue weighted by Crippen LogP contribution is -2.58. The summed E-state index contributed by atoms with van der Waals surface area (Å²) in [6.45, 7) is 2.35. The monoisotopic (exact) mass is 342 g/mol. The predicted molar refractivity (Wildman–Crippen MR) is 92.8 cm³/mol. The standard InChI is InChI=1S/C19H22N2O4/c1-2-25-16-11-7-6-8-13(16)12-15-17(22)20-19(24)21(18(15)23)14-9-4-3-5-10-14/h6-8,11-12,14H,2-5,9-10H2,1H3,(H,20,22,24)/b15-12-. The Morgan fingerprint density at radius 3 is 2.60 bits per heavy atom. The maximum Gasteiger partial charge on any atom is 0.331 e. The molecule has 1 aliphatic heterocycles. The zero-order chi connectivity index (χ0) is 17.8. The smallest absolute Gasteiger partial charge is 0.331 e. The van der Waals surface area contributed by atoms with E-state index in [0.717, 1.165) is 32.1 Å². The lowest BCUT2D eigenvalue weighted by atomic mass is 9.93. The first-order valence-corrected chi connectivity index (χ1v) is 8.74. The van der Waals surface area contributed by atoms with Crippen LogP contribution < -0.4 is 10.1 Å². The van der Waals surface area contributed by atoms with E-state index in [0.29, 0.717) is 17.9 Å². The first-order chi connectivity index (χ1) is 12.1. The Balaban J connectivity index is 1.93. The highest BCUT2D eigenvalue weighted by atomic mass is 16.5. The number of imide groups is 2. The van der Waals surface area contributed by atoms with E-state index in [2.05, 4.69) is 5.32 Å². The van der Waals surface area contributed by atoms with Crippen molar-refractivity contribution in [1.29, 1.82) is 0 Å². The summed E-state index contributed by atoms with van der Waals surface area (Å²) in [4.78, 5) is 38.5. The topological polar surface area (TPSA) is 75.7 Å². The molecule has 0 unspecified atom stereocenters. The van der Waals surface area contributed by atoms with Gasteiger partial charge in [-0.1, -0.05) is 37.5 Å². The fourth-order valence-corrected chi connectivity index (χ4v) is 3.38. The van der Waals surface area contributed by atoms with Crippen molar-refractivity contribution in [3.63, 3.8) is 0 Å². The number of ether oxygens (including phenoxy) is 1. The number of rotatable bonds is 4. The van der Waals surface area contributed by atoms with Crippen LogP contribution in [0, 0.1) is 0 Å². The number of carbonyl (C=O) groups is 3. The fourth-order valence-electron chi connectivity index (χ4n) is 3.38. The van der Waals surface area contributed by atoms with E-state index in [1.807, 2.05) is 19.1 Å². The SMILES string of the molecule is CCOc1ccccc1/C=C1/C(=O)NC(=O)N(C2CCCCC2)C1=O. The van der Waals surface area contributed by atoms with Gasteiger partial charge in [-0.15, -0.1) is 0 Å². The minimum atomic E-state index is -0.659. The number of amides is 4. The van der Waals surface area contributed by atoms with Crippen LogP contribution in [-0.2, 0) is 9.59 Å². The number of barbiturate groups is 1. The van der Waals surface area contributed by atoms with Crippen LogP contribution in [0.2, 0.25) is 0 Å². The summed E-state index contributed by atoms with van der Waals surface area (Å²) in [7, 11) is 0. The average Bonchev–Trinajstić information content (AvgIpc) is 2.61. The third-order valence-corrected chi connectivity index (χ3v) is 4.59. The van der Waals surface area contributed by atoms with Crippen LogP contribution in [0.25, 0.3) is 6.08 Å². The van der Waals surface area contributed by atoms with Gasteiger partial charge in [0.15, 0.2) is 0 Å². The molecule has 1 heterocycles. The Morgan fingerprint density at radius 2 is 1.88 bits per heavy atom. The minimum absolute atomic E-state index is 0.0303. The van der Waals surface area contributed by atoms with Crippen LogP contribution >= 0.6 is 0 Å². The molecule has 0 atom stereocenters. The summed E-state index contributed by atoms with van der Waals surface area (Å²) < 4.78 is 5.55. The summed E-state index contributed by atoms with van der Waals surface area (Å²) in [6.07, 6.45) is 6.17. The van der Waals surface area contributed by atoms with Gasteiger partial charge in [0.25, 0.3) is 11.8 Å². The molecule has 1 saturated carbocycles. The fraction of sp³-hybridized carbons (Fsp3) is 0.421. The van der Waals surface area contributed by atoms with Crippen LogP contribution in [0.1, 0.15) is 44.6 Å². The second kappa shape index (κ2) is 7.51. The Kier molecular flexibility index (Phi) is 5.16. The van der Waals surface area contributed by atoms with Crippen molar-refractivity contribution in [3.8, 4) is 5.75 Å². The lowest BCUT2D eigenvalue weighted by Gasteiger charge is -2.35. The quantitative estimate of drug-likeness (QED) is 0.674. The van der Waals surface area contributed by atoms with E-state index in [-0.39, 0.29) is 11.6 Å². The summed E-state index contributed by atoms with van der Waals surface area (Å²) in [5.41, 5.74) is 0.609. The molecule has 1 aromatic carbocycles. The normalized spacial score (nSPS) is 20.8. The van der Waals surface area contributed by atoms with Crippen LogP contribution in [-0.4, -0.2) is 35.4 Å². The number of benzene rings is 1. The Bertz CT molecular complexity index is 720. The van der Waals surface area contributed by atoms with Crippen molar-refractivity contribution in [2.75, 3.05) is 6.61 Å². The number of urea groups is 1. The van der Waals surface area contributed by atoms with Crippen molar-refractivity contribution >= 4 is 23.9 Å². The highest BCUT2D eigenvalue weighted by molar-refractivity contribution is 6.31. The molecule has 1 aliphatic carbocycles. The van der Waals surface area contributed by atoms with Crippen molar-refractivity contribution in [2.45, 2.75) is 45.1 Å². The first-order valence-electron chi connectivity index (χ1n) is 8.74. The minimum Gasteiger partial charge on any atom is -0.493 e. The van der Waals surface area contributed by atoms with E-state index >= 15 is 0 Å². The van der Waals surface area contributed by atoms with Gasteiger partial charge in [-0.3, -0.25) is 19.8 Å². The molecule has 0 radical (unpaired) electrons. The summed E-state index contributed by atoms with van der Waals surface area (Å²) in [5, 5.41) is 2.30. The molecule has 6 nitrogen and oxygen atoms in total. The second-order valence-corrected chi connectivity index (χ2v) is 6.26. The number of nitrogens with one attached hydrogen (secondary N) is 1. The van der Waals surface area contributed by atoms with Gasteiger partial charge in [0.1, 0.15) is 11.3 Å². The van der Waals surface area contributed by atoms with Gasteiger partial charge in [-0.2, -0.15) is 0 Å². The molecule has 6 heteroatoms. The van der Waals surface area contributed by atoms with Gasteiger partial charge >= 0.3 is 6.03 Å². The van der Waals surface area contributed by atoms with Crippen molar-refractivity contribution in [2.24, 2.45) is 0 Å². The lowest BCUT2D eigenvalue weighted by molar-refractivity contribution is -0.132. The van der Waals surface area contributed by atoms with Gasteiger partial charge in [0.05, 0.1) is 6.61 Å². The Hall–Kier alpha value is -2.63. The van der Waals surface area contributed by atoms with Crippen LogP contribution in [0.5, 0.6) is 5.75 Å². The number of nitrogens with zero attached hydrogens (tertiary/aromatic N) is 1. The van der Waals surface area contributed by atoms with E-state index in [1.165, 1.54) is 11.0 Å². The van der Waals surface area contributed by atoms with E-state index in [9.17, 15) is 14.4 Å². The van der Waals surface area contributed by atoms with Gasteiger partial charge < -0.3 is 4.74 Å². The zero-order valence-electron chi connectivity index (χ0n) is 14.3. The molecular weight excluding hydrogens is 320 g/mol. The molecule has 0 aromatic heterocycles. The molecule has 2 aliphatic rings. The van der Waals surface area contributed by atoms with Gasteiger partial charge in [-0.05, 0) is 31.9 Å². The second-order valence-electron chi connectivity index (χ2n) is 6.26. The third kappa shape index (κ3) is 3.57. The number of hydrogen-bond acceptors (Lipinski definition) is 4. The molecule has 1 saturated heterocycles. The molecule has 4 amide bonds. The number of carbonyl (C=O) groups excluding carboxylic acids is 3. The number of hydrogen-bond donors (Lipinski definition) is 1. The molecule has 132 valence electrons. The van der Waals surface area contributed by atoms with E-state index in [4.69, 9.17) is 4.74 Å². The van der Waals surface area contributed by atoms with Gasteiger partial charge in [0, 0.05) is 11.6 Å². The molecule has 0 bridgehead atoms. The van der Waals surface area contributed by atoms with Crippen molar-refractivity contribution < 1.29 is 19.1 Å². The maximum atomic E-state index is 12.9. The van der Waals surface area contributed by atoms with Gasteiger partial charge in [-0.25, -0.2) is 4.79 Å². The van der Waals surface area contributed by atoms with Crippen LogP contribution in [0.3, 0.4) is 0 Å². The maximum absolute atomic E-state index is 12.9. The van der Waals surface area contributed by atoms with E-state index < -0.39 is 17.8 Å². The molecule has 3 rings (SSSR count). The van der Waals surface area contributed by atoms with E-state index in [1.54, 1.807) is 12.1 Å². The molecule has 1 N–H and O–H groups in total. The molecule has 2 fully saturated rings. The van der Waals surface area contributed by atoms with Crippen molar-refractivity contribution in [1.82, 2.24) is 10.2 Å². The largest absolute Gasteiger partial charge is 0.493 e. The first kappa shape index (κ1) is 17.2. The summed E-state index contributed by atoms with van der Waals surface area (Å²) in [6, 6.07) is 6.44. The highest BCUT2D eigenvalue weighted by Gasteiger charge is 2.40.